The molecule has 0 aliphatic carbocycles. The van der Waals surface area contributed by atoms with E-state index in [9.17, 15) is 4.79 Å². The van der Waals surface area contributed by atoms with Crippen LogP contribution in [0.3, 0.4) is 0 Å². The number of hydrogen-bond donors (Lipinski definition) is 1. The molecule has 0 saturated heterocycles. The minimum atomic E-state index is -0.905. The van der Waals surface area contributed by atoms with Crippen molar-refractivity contribution in [2.24, 2.45) is 0 Å². The molecular formula is C12H12N2O2. The lowest BCUT2D eigenvalue weighted by molar-refractivity contribution is 0.0696. The van der Waals surface area contributed by atoms with Gasteiger partial charge in [0.05, 0.1) is 17.6 Å². The summed E-state index contributed by atoms with van der Waals surface area (Å²) in [5.74, 6) is -0.905. The first-order valence-corrected chi connectivity index (χ1v) is 4.93. The van der Waals surface area contributed by atoms with E-state index in [1.165, 1.54) is 0 Å². The van der Waals surface area contributed by atoms with E-state index < -0.39 is 5.97 Å². The van der Waals surface area contributed by atoms with Crippen LogP contribution in [0.5, 0.6) is 0 Å². The number of carboxylic acid groups (broad SMARTS) is 1. The van der Waals surface area contributed by atoms with E-state index in [-0.39, 0.29) is 0 Å². The number of nitrogens with zero attached hydrogens (tertiary/aromatic N) is 2. The average molecular weight is 216 g/mol. The number of aromatic carboxylic acids is 1. The van der Waals surface area contributed by atoms with Crippen molar-refractivity contribution in [2.75, 3.05) is 0 Å². The van der Waals surface area contributed by atoms with Crippen molar-refractivity contribution in [2.45, 2.75) is 13.8 Å². The molecule has 0 aliphatic rings. The quantitative estimate of drug-likeness (QED) is 0.837. The molecule has 82 valence electrons. The molecule has 2 rings (SSSR count). The monoisotopic (exact) mass is 216 g/mol. The van der Waals surface area contributed by atoms with E-state index in [1.54, 1.807) is 31.6 Å². The summed E-state index contributed by atoms with van der Waals surface area (Å²) in [5.41, 5.74) is 2.90. The van der Waals surface area contributed by atoms with E-state index in [4.69, 9.17) is 5.11 Å². The van der Waals surface area contributed by atoms with Crippen molar-refractivity contribution < 1.29 is 9.90 Å². The van der Waals surface area contributed by atoms with Gasteiger partial charge in [-0.15, -0.1) is 0 Å². The van der Waals surface area contributed by atoms with Crippen molar-refractivity contribution in [3.05, 3.63) is 47.5 Å². The number of carboxylic acids is 1. The SMILES string of the molecule is Cc1c(C(=O)O)cccc1-n1cncc1C. The molecule has 0 fully saturated rings. The van der Waals surface area contributed by atoms with Crippen LogP contribution in [0.2, 0.25) is 0 Å². The molecule has 4 nitrogen and oxygen atoms in total. The molecule has 1 aromatic heterocycles. The van der Waals surface area contributed by atoms with Gasteiger partial charge in [0.2, 0.25) is 0 Å². The number of carbonyl (C=O) groups is 1. The molecule has 2 aromatic rings. The number of rotatable bonds is 2. The highest BCUT2D eigenvalue weighted by Gasteiger charge is 2.11. The maximum atomic E-state index is 11.0. The first-order valence-electron chi connectivity index (χ1n) is 4.93. The van der Waals surface area contributed by atoms with E-state index in [0.717, 1.165) is 16.9 Å². The zero-order valence-corrected chi connectivity index (χ0v) is 9.14. The van der Waals surface area contributed by atoms with E-state index >= 15 is 0 Å². The Morgan fingerprint density at radius 3 is 2.69 bits per heavy atom. The van der Waals surface area contributed by atoms with Crippen molar-refractivity contribution in [3.8, 4) is 5.69 Å². The highest BCUT2D eigenvalue weighted by molar-refractivity contribution is 5.90. The molecule has 0 saturated carbocycles. The summed E-state index contributed by atoms with van der Waals surface area (Å²) in [6.45, 7) is 3.73. The Morgan fingerprint density at radius 1 is 1.38 bits per heavy atom. The fourth-order valence-corrected chi connectivity index (χ4v) is 1.73. The number of hydrogen-bond acceptors (Lipinski definition) is 2. The van der Waals surface area contributed by atoms with Crippen LogP contribution in [0.4, 0.5) is 0 Å². The standard InChI is InChI=1S/C12H12N2O2/c1-8-6-13-7-14(8)11-5-3-4-10(9(11)2)12(15)16/h3-7H,1-2H3,(H,15,16). The number of imidazole rings is 1. The van der Waals surface area contributed by atoms with E-state index in [1.807, 2.05) is 17.6 Å². The minimum Gasteiger partial charge on any atom is -0.478 e. The highest BCUT2D eigenvalue weighted by Crippen LogP contribution is 2.19. The predicted octanol–water partition coefficient (Wildman–Crippen LogP) is 2.19. The molecule has 1 heterocycles. The summed E-state index contributed by atoms with van der Waals surface area (Å²) in [4.78, 5) is 15.0. The maximum absolute atomic E-state index is 11.0. The first kappa shape index (κ1) is 10.4. The van der Waals surface area contributed by atoms with Crippen LogP contribution in [0.15, 0.2) is 30.7 Å². The van der Waals surface area contributed by atoms with Gasteiger partial charge in [0.1, 0.15) is 0 Å². The lowest BCUT2D eigenvalue weighted by Gasteiger charge is -2.10. The molecule has 0 amide bonds. The van der Waals surface area contributed by atoms with Gasteiger partial charge in [-0.3, -0.25) is 0 Å². The summed E-state index contributed by atoms with van der Waals surface area (Å²) in [6, 6.07) is 5.23. The highest BCUT2D eigenvalue weighted by atomic mass is 16.4. The van der Waals surface area contributed by atoms with Gasteiger partial charge in [0.15, 0.2) is 0 Å². The maximum Gasteiger partial charge on any atom is 0.336 e. The van der Waals surface area contributed by atoms with Gasteiger partial charge in [-0.1, -0.05) is 6.07 Å². The zero-order chi connectivity index (χ0) is 11.7. The second-order valence-corrected chi connectivity index (χ2v) is 3.66. The third-order valence-corrected chi connectivity index (χ3v) is 2.62. The van der Waals surface area contributed by atoms with Crippen LogP contribution < -0.4 is 0 Å². The van der Waals surface area contributed by atoms with Crippen molar-refractivity contribution in [1.82, 2.24) is 9.55 Å². The van der Waals surface area contributed by atoms with Gasteiger partial charge in [0.25, 0.3) is 0 Å². The zero-order valence-electron chi connectivity index (χ0n) is 9.14. The van der Waals surface area contributed by atoms with Crippen LogP contribution in [-0.2, 0) is 0 Å². The van der Waals surface area contributed by atoms with E-state index in [2.05, 4.69) is 4.98 Å². The molecule has 0 radical (unpaired) electrons. The summed E-state index contributed by atoms with van der Waals surface area (Å²) in [5, 5.41) is 9.03. The Hall–Kier alpha value is -2.10. The molecule has 0 atom stereocenters. The van der Waals surface area contributed by atoms with Crippen molar-refractivity contribution in [3.63, 3.8) is 0 Å². The third-order valence-electron chi connectivity index (χ3n) is 2.62. The molecule has 4 heteroatoms. The summed E-state index contributed by atoms with van der Waals surface area (Å²) in [6.07, 6.45) is 3.43. The Kier molecular flexibility index (Phi) is 2.48. The minimum absolute atomic E-state index is 0.325. The third kappa shape index (κ3) is 1.58. The Labute approximate surface area is 93.2 Å². The van der Waals surface area contributed by atoms with Gasteiger partial charge in [-0.05, 0) is 31.5 Å². The van der Waals surface area contributed by atoms with Gasteiger partial charge in [0, 0.05) is 11.9 Å². The van der Waals surface area contributed by atoms with Gasteiger partial charge in [-0.2, -0.15) is 0 Å². The number of aromatic nitrogens is 2. The molecular weight excluding hydrogens is 204 g/mol. The molecule has 0 unspecified atom stereocenters. The molecule has 1 aromatic carbocycles. The Bertz CT molecular complexity index is 544. The molecule has 0 bridgehead atoms. The smallest absolute Gasteiger partial charge is 0.336 e. The van der Waals surface area contributed by atoms with Gasteiger partial charge < -0.3 is 9.67 Å². The summed E-state index contributed by atoms with van der Waals surface area (Å²) >= 11 is 0. The first-order chi connectivity index (χ1) is 7.61. The second-order valence-electron chi connectivity index (χ2n) is 3.66. The predicted molar refractivity (Wildman–Crippen MR) is 60.0 cm³/mol. The normalized spacial score (nSPS) is 10.4. The fourth-order valence-electron chi connectivity index (χ4n) is 1.73. The Balaban J connectivity index is 2.63. The fraction of sp³-hybridized carbons (Fsp3) is 0.167. The molecule has 0 aliphatic heterocycles. The lowest BCUT2D eigenvalue weighted by Crippen LogP contribution is -2.05. The number of benzene rings is 1. The molecule has 1 N–H and O–H groups in total. The lowest BCUT2D eigenvalue weighted by atomic mass is 10.1. The molecule has 0 spiro atoms. The summed E-state index contributed by atoms with van der Waals surface area (Å²) in [7, 11) is 0. The van der Waals surface area contributed by atoms with Gasteiger partial charge in [-0.25, -0.2) is 9.78 Å². The Morgan fingerprint density at radius 2 is 2.12 bits per heavy atom. The van der Waals surface area contributed by atoms with Gasteiger partial charge >= 0.3 is 5.97 Å². The van der Waals surface area contributed by atoms with Crippen molar-refractivity contribution >= 4 is 5.97 Å². The van der Waals surface area contributed by atoms with Crippen LogP contribution >= 0.6 is 0 Å². The topological polar surface area (TPSA) is 55.1 Å². The second kappa shape index (κ2) is 3.81. The van der Waals surface area contributed by atoms with Crippen LogP contribution in [0.1, 0.15) is 21.6 Å². The molecule has 16 heavy (non-hydrogen) atoms. The van der Waals surface area contributed by atoms with Crippen LogP contribution in [-0.4, -0.2) is 20.6 Å². The average Bonchev–Trinajstić information content (AvgIpc) is 2.64. The van der Waals surface area contributed by atoms with Crippen LogP contribution in [0, 0.1) is 13.8 Å². The van der Waals surface area contributed by atoms with E-state index in [0.29, 0.717) is 5.56 Å². The van der Waals surface area contributed by atoms with Crippen molar-refractivity contribution in [1.29, 1.82) is 0 Å². The van der Waals surface area contributed by atoms with Crippen LogP contribution in [0.25, 0.3) is 5.69 Å². The number of aryl methyl sites for hydroxylation is 1. The largest absolute Gasteiger partial charge is 0.478 e. The summed E-state index contributed by atoms with van der Waals surface area (Å²) < 4.78 is 1.88.